The lowest BCUT2D eigenvalue weighted by Gasteiger charge is -2.32. The van der Waals surface area contributed by atoms with Crippen molar-refractivity contribution >= 4 is 50.5 Å². The lowest BCUT2D eigenvalue weighted by atomic mass is 9.98. The van der Waals surface area contributed by atoms with Crippen LogP contribution in [0.2, 0.25) is 0 Å². The van der Waals surface area contributed by atoms with E-state index in [9.17, 15) is 0 Å². The second-order valence-corrected chi connectivity index (χ2v) is 19.8. The van der Waals surface area contributed by atoms with Gasteiger partial charge in [0.2, 0.25) is 0 Å². The van der Waals surface area contributed by atoms with Crippen LogP contribution in [0.1, 0.15) is 58.1 Å². The first kappa shape index (κ1) is 55.1. The van der Waals surface area contributed by atoms with E-state index in [0.29, 0.717) is 6.42 Å². The minimum Gasteiger partial charge on any atom is -0.345 e. The van der Waals surface area contributed by atoms with Gasteiger partial charge in [-0.2, -0.15) is 0 Å². The molecule has 0 aromatic heterocycles. The lowest BCUT2D eigenvalue weighted by molar-refractivity contribution is 0.408. The average molecular weight is 1040 g/mol. The molecule has 7 aromatic carbocycles. The highest BCUT2D eigenvalue weighted by atomic mass is 15.2. The van der Waals surface area contributed by atoms with E-state index in [4.69, 9.17) is 6.58 Å². The maximum Gasteiger partial charge on any atom is 0.0540 e. The summed E-state index contributed by atoms with van der Waals surface area (Å²) in [5.41, 5.74) is 19.0. The number of para-hydroxylation sites is 2. The highest BCUT2D eigenvalue weighted by molar-refractivity contribution is 5.99. The van der Waals surface area contributed by atoms with Gasteiger partial charge in [0.15, 0.2) is 0 Å². The Hall–Kier alpha value is -9.64. The Kier molecular flexibility index (Phi) is 18.7. The van der Waals surface area contributed by atoms with Gasteiger partial charge >= 0.3 is 0 Å². The van der Waals surface area contributed by atoms with Crippen molar-refractivity contribution in [2.24, 2.45) is 0 Å². The normalized spacial score (nSPS) is 13.9. The Morgan fingerprint density at radius 3 is 1.86 bits per heavy atom. The Morgan fingerprint density at radius 1 is 0.613 bits per heavy atom. The molecule has 0 amide bonds. The van der Waals surface area contributed by atoms with Gasteiger partial charge in [0.05, 0.1) is 5.69 Å². The van der Waals surface area contributed by atoms with Gasteiger partial charge in [0.1, 0.15) is 0 Å². The third-order valence-corrected chi connectivity index (χ3v) is 14.6. The largest absolute Gasteiger partial charge is 0.345 e. The first-order chi connectivity index (χ1) is 39.3. The monoisotopic (exact) mass is 1040 g/mol. The Bertz CT molecular complexity index is 3620. The molecule has 4 nitrogen and oxygen atoms in total. The molecule has 2 bridgehead atoms. The second kappa shape index (κ2) is 27.1. The summed E-state index contributed by atoms with van der Waals surface area (Å²) in [7, 11) is 0. The van der Waals surface area contributed by atoms with Crippen LogP contribution in [0.5, 0.6) is 0 Å². The molecule has 0 spiro atoms. The molecule has 0 fully saturated rings. The van der Waals surface area contributed by atoms with Crippen LogP contribution >= 0.6 is 0 Å². The third kappa shape index (κ3) is 13.2. The molecule has 7 aromatic rings. The molecule has 0 saturated carbocycles. The molecule has 0 saturated heterocycles. The smallest absolute Gasteiger partial charge is 0.0540 e. The van der Waals surface area contributed by atoms with Gasteiger partial charge in [-0.1, -0.05) is 209 Å². The van der Waals surface area contributed by atoms with Crippen molar-refractivity contribution in [3.8, 4) is 0 Å². The topological polar surface area (TPSA) is 13.0 Å². The molecule has 0 atom stereocenters. The molecule has 0 radical (unpaired) electrons. The molecule has 0 N–H and O–H groups in total. The molecular weight excluding hydrogens is 969 g/mol. The summed E-state index contributed by atoms with van der Waals surface area (Å²) >= 11 is 0. The molecule has 4 heteroatoms. The fourth-order valence-electron chi connectivity index (χ4n) is 10.4. The van der Waals surface area contributed by atoms with Gasteiger partial charge in [0, 0.05) is 75.3 Å². The van der Waals surface area contributed by atoms with Gasteiger partial charge in [-0.25, -0.2) is 0 Å². The van der Waals surface area contributed by atoms with Crippen molar-refractivity contribution in [3.63, 3.8) is 0 Å². The zero-order valence-electron chi connectivity index (χ0n) is 46.8. The molecular formula is C76H72N4. The van der Waals surface area contributed by atoms with Gasteiger partial charge in [-0.3, -0.25) is 0 Å². The SMILES string of the molecule is C=C/C=C\C=C(/C)N(Cc1ccccc1)/C(=C/C=C(\C=C)N(C(=C)C/C=C\C(=C/C)c1ccc(N(c2ccc(N(c3ccccc3)c3ccccc3)cc2)c2cccc3ccccc23)cc1)C1=CC=CC2=CC=CC(C)=C1C2)CC. The number of fused-ring (bicyclic) bond motifs is 3. The number of anilines is 6. The molecule has 2 aliphatic rings. The first-order valence-electron chi connectivity index (χ1n) is 27.7. The highest BCUT2D eigenvalue weighted by Crippen LogP contribution is 2.42. The predicted molar refractivity (Wildman–Crippen MR) is 345 cm³/mol. The number of hydrogen-bond acceptors (Lipinski definition) is 4. The van der Waals surface area contributed by atoms with Crippen LogP contribution in [0.15, 0.2) is 344 Å². The Labute approximate surface area is 476 Å². The van der Waals surface area contributed by atoms with Crippen molar-refractivity contribution in [1.29, 1.82) is 0 Å². The van der Waals surface area contributed by atoms with Gasteiger partial charge in [-0.15, -0.1) is 0 Å². The summed E-state index contributed by atoms with van der Waals surface area (Å²) in [6, 6.07) is 64.8. The van der Waals surface area contributed by atoms with Gasteiger partial charge in [0.25, 0.3) is 0 Å². The van der Waals surface area contributed by atoms with E-state index in [0.717, 1.165) is 87.4 Å². The fourth-order valence-corrected chi connectivity index (χ4v) is 10.4. The van der Waals surface area contributed by atoms with Crippen LogP contribution < -0.4 is 9.80 Å². The van der Waals surface area contributed by atoms with Crippen LogP contribution in [-0.4, -0.2) is 9.80 Å². The fraction of sp³-hybridized carbons (Fsp3) is 0.105. The Morgan fingerprint density at radius 2 is 1.21 bits per heavy atom. The second-order valence-electron chi connectivity index (χ2n) is 19.8. The molecule has 0 heterocycles. The van der Waals surface area contributed by atoms with E-state index in [2.05, 4.69) is 315 Å². The standard InChI is InChI=1S/C76H72N4/c1-8-12-16-30-59(6)77(57-62-32-17-13-18-33-62)66(10-3)50-51-67(11-4)78(76-44-27-35-61-34-25-29-58(5)74(76)56-61)60(7)31-26-37-63(9-2)64-46-48-71(49-47-64)80(75-45-28-38-65-36-23-24-43-73(65)75)72-54-52-70(53-55-72)79(68-39-19-14-20-40-68)69-41-21-15-22-42-69/h8-9,11-30,32-55H,1,4,7,10,31,56-57H2,2-3,5-6H3/b16-12-,37-26-,59-30+,63-9+,66-50+,67-51+. The van der Waals surface area contributed by atoms with Crippen LogP contribution in [0.25, 0.3) is 16.3 Å². The summed E-state index contributed by atoms with van der Waals surface area (Å²) < 4.78 is 0. The van der Waals surface area contributed by atoms with Crippen LogP contribution in [0, 0.1) is 0 Å². The van der Waals surface area contributed by atoms with E-state index in [-0.39, 0.29) is 0 Å². The van der Waals surface area contributed by atoms with Crippen LogP contribution in [0.4, 0.5) is 34.1 Å². The number of benzene rings is 7. The zero-order valence-corrected chi connectivity index (χ0v) is 46.8. The number of allylic oxidation sites excluding steroid dienone is 22. The Balaban J connectivity index is 1.03. The van der Waals surface area contributed by atoms with Crippen LogP contribution in [-0.2, 0) is 6.54 Å². The van der Waals surface area contributed by atoms with Gasteiger partial charge in [-0.05, 0) is 170 Å². The maximum atomic E-state index is 4.83. The third-order valence-electron chi connectivity index (χ3n) is 14.6. The number of nitrogens with zero attached hydrogens (tertiary/aromatic N) is 4. The van der Waals surface area contributed by atoms with E-state index in [1.807, 2.05) is 18.2 Å². The molecule has 9 rings (SSSR count). The predicted octanol–water partition coefficient (Wildman–Crippen LogP) is 21.1. The molecule has 2 aliphatic carbocycles. The lowest BCUT2D eigenvalue weighted by Crippen LogP contribution is -2.23. The summed E-state index contributed by atoms with van der Waals surface area (Å²) in [4.78, 5) is 9.37. The van der Waals surface area contributed by atoms with Crippen molar-refractivity contribution in [3.05, 3.63) is 355 Å². The summed E-state index contributed by atoms with van der Waals surface area (Å²) in [6.07, 6.45) is 36.5. The number of hydrogen-bond donors (Lipinski definition) is 0. The summed E-state index contributed by atoms with van der Waals surface area (Å²) in [5, 5.41) is 2.37. The van der Waals surface area contributed by atoms with E-state index in [1.165, 1.54) is 38.8 Å². The van der Waals surface area contributed by atoms with E-state index >= 15 is 0 Å². The first-order valence-corrected chi connectivity index (χ1v) is 27.7. The molecule has 80 heavy (non-hydrogen) atoms. The van der Waals surface area contributed by atoms with Gasteiger partial charge < -0.3 is 19.6 Å². The zero-order chi connectivity index (χ0) is 55.6. The van der Waals surface area contributed by atoms with E-state index in [1.54, 1.807) is 6.08 Å². The number of rotatable bonds is 22. The highest BCUT2D eigenvalue weighted by Gasteiger charge is 2.24. The minimum absolute atomic E-state index is 0.602. The summed E-state index contributed by atoms with van der Waals surface area (Å²) in [5.74, 6) is 0. The summed E-state index contributed by atoms with van der Waals surface area (Å²) in [6.45, 7) is 22.6. The minimum atomic E-state index is 0.602. The van der Waals surface area contributed by atoms with E-state index < -0.39 is 0 Å². The molecule has 0 aliphatic heterocycles. The van der Waals surface area contributed by atoms with Crippen molar-refractivity contribution < 1.29 is 0 Å². The van der Waals surface area contributed by atoms with Crippen LogP contribution in [0.3, 0.4) is 0 Å². The maximum absolute atomic E-state index is 4.83. The van der Waals surface area contributed by atoms with Crippen molar-refractivity contribution in [1.82, 2.24) is 9.80 Å². The molecule has 0 unspecified atom stereocenters. The quantitative estimate of drug-likeness (QED) is 0.0627. The van der Waals surface area contributed by atoms with Crippen molar-refractivity contribution in [2.45, 2.75) is 53.5 Å². The molecule has 396 valence electrons. The average Bonchev–Trinajstić information content (AvgIpc) is 3.99. The van der Waals surface area contributed by atoms with Crippen molar-refractivity contribution in [2.75, 3.05) is 9.80 Å².